The van der Waals surface area contributed by atoms with Crippen LogP contribution in [-0.4, -0.2) is 32.9 Å². The fourth-order valence-electron chi connectivity index (χ4n) is 5.02. The summed E-state index contributed by atoms with van der Waals surface area (Å²) in [5.74, 6) is -0.360. The first-order valence-corrected chi connectivity index (χ1v) is 14.4. The summed E-state index contributed by atoms with van der Waals surface area (Å²) >= 11 is 0. The number of rotatable bonds is 12. The number of ketones is 1. The maximum atomic E-state index is 13.8. The van der Waals surface area contributed by atoms with Gasteiger partial charge in [0.25, 0.3) is 5.91 Å². The van der Waals surface area contributed by atoms with Gasteiger partial charge in [-0.3, -0.25) is 14.4 Å². The Morgan fingerprint density at radius 2 is 1.67 bits per heavy atom. The van der Waals surface area contributed by atoms with Gasteiger partial charge in [0.2, 0.25) is 6.10 Å². The van der Waals surface area contributed by atoms with E-state index in [9.17, 15) is 14.4 Å². The number of fused-ring (bicyclic) bond motifs is 1. The van der Waals surface area contributed by atoms with Crippen LogP contribution in [0.25, 0.3) is 10.9 Å². The second kappa shape index (κ2) is 13.1. The van der Waals surface area contributed by atoms with E-state index in [2.05, 4.69) is 19.2 Å². The molecule has 42 heavy (non-hydrogen) atoms. The molecule has 1 heterocycles. The highest BCUT2D eigenvalue weighted by atomic mass is 16.5. The molecule has 220 valence electrons. The van der Waals surface area contributed by atoms with Crippen LogP contribution in [0, 0.1) is 5.92 Å². The number of amides is 1. The zero-order valence-corrected chi connectivity index (χ0v) is 25.0. The lowest BCUT2D eigenvalue weighted by Crippen LogP contribution is -2.44. The molecule has 0 aliphatic carbocycles. The first-order chi connectivity index (χ1) is 19.9. The Hall–Kier alpha value is -4.39. The molecule has 0 radical (unpaired) electrons. The predicted molar refractivity (Wildman–Crippen MR) is 165 cm³/mol. The molecule has 0 fully saturated rings. The number of carboxylic acid groups (broad SMARTS) is 1. The molecule has 2 N–H and O–H groups in total. The number of nitrogens with one attached hydrogen (secondary N) is 1. The SMILES string of the molecule is CC(C)Cc1ccc(C(Oc2cccc(C(=O)c3cn(CCCC(=O)O)c4ccccc34)c2)C(=O)NC(C)(C)C)cc1. The fraction of sp³-hybridized carbons (Fsp3) is 0.343. The van der Waals surface area contributed by atoms with E-state index < -0.39 is 17.6 Å². The number of benzene rings is 3. The lowest BCUT2D eigenvalue weighted by molar-refractivity contribution is -0.137. The van der Waals surface area contributed by atoms with E-state index in [1.165, 1.54) is 5.56 Å². The number of aliphatic carboxylic acids is 1. The van der Waals surface area contributed by atoms with Crippen LogP contribution >= 0.6 is 0 Å². The standard InChI is InChI=1S/C35H40N2O5/c1-23(2)20-24-15-17-25(18-16-24)33(34(41)36-35(3,4)5)42-27-11-8-10-26(21-27)32(40)29-22-37(19-9-14-31(38)39)30-13-7-6-12-28(29)30/h6-8,10-13,15-18,21-23,33H,9,14,19-20H2,1-5H3,(H,36,41)(H,38,39). The highest BCUT2D eigenvalue weighted by Crippen LogP contribution is 2.28. The van der Waals surface area contributed by atoms with Crippen molar-refractivity contribution in [3.8, 4) is 5.75 Å². The highest BCUT2D eigenvalue weighted by Gasteiger charge is 2.27. The minimum atomic E-state index is -0.904. The second-order valence-corrected chi connectivity index (χ2v) is 12.2. The van der Waals surface area contributed by atoms with Crippen LogP contribution in [0.1, 0.15) is 80.6 Å². The number of aryl methyl sites for hydroxylation is 1. The minimum absolute atomic E-state index is 0.0551. The first kappa shape index (κ1) is 30.6. The van der Waals surface area contributed by atoms with E-state index in [0.29, 0.717) is 35.8 Å². The van der Waals surface area contributed by atoms with Crippen molar-refractivity contribution < 1.29 is 24.2 Å². The van der Waals surface area contributed by atoms with Crippen LogP contribution in [0.2, 0.25) is 0 Å². The van der Waals surface area contributed by atoms with Gasteiger partial charge in [-0.15, -0.1) is 0 Å². The summed E-state index contributed by atoms with van der Waals surface area (Å²) in [6.07, 6.45) is 2.35. The maximum absolute atomic E-state index is 13.8. The molecule has 1 aromatic heterocycles. The van der Waals surface area contributed by atoms with Crippen LogP contribution in [0.15, 0.2) is 79.0 Å². The average Bonchev–Trinajstić information content (AvgIpc) is 3.29. The van der Waals surface area contributed by atoms with Crippen molar-refractivity contribution in [2.24, 2.45) is 5.92 Å². The maximum Gasteiger partial charge on any atom is 0.303 e. The molecule has 4 aromatic rings. The van der Waals surface area contributed by atoms with Crippen LogP contribution in [0.4, 0.5) is 0 Å². The van der Waals surface area contributed by atoms with Crippen molar-refractivity contribution in [1.82, 2.24) is 9.88 Å². The van der Waals surface area contributed by atoms with Crippen molar-refractivity contribution >= 4 is 28.6 Å². The van der Waals surface area contributed by atoms with Gasteiger partial charge in [-0.1, -0.05) is 68.4 Å². The Labute approximate surface area is 247 Å². The Morgan fingerprint density at radius 3 is 2.33 bits per heavy atom. The molecule has 7 nitrogen and oxygen atoms in total. The summed E-state index contributed by atoms with van der Waals surface area (Å²) in [6, 6.07) is 22.4. The van der Waals surface area contributed by atoms with E-state index in [-0.39, 0.29) is 18.1 Å². The summed E-state index contributed by atoms with van der Waals surface area (Å²) in [6.45, 7) is 10.6. The largest absolute Gasteiger partial charge is 0.481 e. The first-order valence-electron chi connectivity index (χ1n) is 14.4. The monoisotopic (exact) mass is 568 g/mol. The van der Waals surface area contributed by atoms with Crippen molar-refractivity contribution in [1.29, 1.82) is 0 Å². The third-order valence-electron chi connectivity index (χ3n) is 6.84. The lowest BCUT2D eigenvalue weighted by atomic mass is 9.99. The number of nitrogens with zero attached hydrogens (tertiary/aromatic N) is 1. The average molecular weight is 569 g/mol. The van der Waals surface area contributed by atoms with Gasteiger partial charge in [-0.05, 0) is 63.3 Å². The summed E-state index contributed by atoms with van der Waals surface area (Å²) in [7, 11) is 0. The third kappa shape index (κ3) is 7.87. The summed E-state index contributed by atoms with van der Waals surface area (Å²) in [5.41, 5.74) is 3.30. The van der Waals surface area contributed by atoms with Gasteiger partial charge in [0.15, 0.2) is 5.78 Å². The number of aromatic nitrogens is 1. The molecule has 4 rings (SSSR count). The molecule has 0 spiro atoms. The van der Waals surface area contributed by atoms with Gasteiger partial charge in [0.1, 0.15) is 5.75 Å². The van der Waals surface area contributed by atoms with Crippen molar-refractivity contribution in [2.45, 2.75) is 72.1 Å². The van der Waals surface area contributed by atoms with E-state index >= 15 is 0 Å². The molecule has 0 saturated carbocycles. The zero-order chi connectivity index (χ0) is 30.4. The van der Waals surface area contributed by atoms with Crippen LogP contribution in [0.5, 0.6) is 5.75 Å². The molecule has 0 bridgehead atoms. The molecule has 1 unspecified atom stereocenters. The van der Waals surface area contributed by atoms with Gasteiger partial charge in [0, 0.05) is 52.3 Å². The van der Waals surface area contributed by atoms with E-state index in [1.807, 2.05) is 73.9 Å². The number of hydrogen-bond acceptors (Lipinski definition) is 4. The molecular formula is C35H40N2O5. The molecule has 0 aliphatic heterocycles. The van der Waals surface area contributed by atoms with E-state index in [0.717, 1.165) is 22.9 Å². The van der Waals surface area contributed by atoms with Crippen molar-refractivity contribution in [3.05, 3.63) is 101 Å². The molecule has 7 heteroatoms. The Kier molecular flexibility index (Phi) is 9.51. The predicted octanol–water partition coefficient (Wildman–Crippen LogP) is 6.97. The smallest absolute Gasteiger partial charge is 0.303 e. The minimum Gasteiger partial charge on any atom is -0.481 e. The van der Waals surface area contributed by atoms with Gasteiger partial charge >= 0.3 is 5.97 Å². The summed E-state index contributed by atoms with van der Waals surface area (Å²) in [4.78, 5) is 38.2. The number of carbonyl (C=O) groups is 3. The Morgan fingerprint density at radius 1 is 0.952 bits per heavy atom. The quantitative estimate of drug-likeness (QED) is 0.180. The molecule has 1 amide bonds. The number of para-hydroxylation sites is 1. The number of ether oxygens (including phenoxy) is 1. The highest BCUT2D eigenvalue weighted by molar-refractivity contribution is 6.16. The number of hydrogen-bond donors (Lipinski definition) is 2. The van der Waals surface area contributed by atoms with Gasteiger partial charge in [-0.2, -0.15) is 0 Å². The molecule has 0 aliphatic rings. The molecular weight excluding hydrogens is 528 g/mol. The molecule has 3 aromatic carbocycles. The fourth-order valence-corrected chi connectivity index (χ4v) is 5.02. The van der Waals surface area contributed by atoms with Crippen molar-refractivity contribution in [3.63, 3.8) is 0 Å². The number of carbonyl (C=O) groups excluding carboxylic acids is 2. The zero-order valence-electron chi connectivity index (χ0n) is 25.0. The third-order valence-corrected chi connectivity index (χ3v) is 6.84. The Balaban J connectivity index is 1.63. The van der Waals surface area contributed by atoms with Crippen LogP contribution in [0.3, 0.4) is 0 Å². The summed E-state index contributed by atoms with van der Waals surface area (Å²) < 4.78 is 8.23. The van der Waals surface area contributed by atoms with E-state index in [1.54, 1.807) is 30.5 Å². The molecule has 1 atom stereocenters. The normalized spacial score (nSPS) is 12.3. The van der Waals surface area contributed by atoms with Gasteiger partial charge in [-0.25, -0.2) is 0 Å². The summed E-state index contributed by atoms with van der Waals surface area (Å²) in [5, 5.41) is 12.9. The van der Waals surface area contributed by atoms with Gasteiger partial charge in [0.05, 0.1) is 0 Å². The number of carboxylic acids is 1. The molecule has 0 saturated heterocycles. The van der Waals surface area contributed by atoms with Crippen LogP contribution in [-0.2, 0) is 22.6 Å². The second-order valence-electron chi connectivity index (χ2n) is 12.2. The topological polar surface area (TPSA) is 97.6 Å². The lowest BCUT2D eigenvalue weighted by Gasteiger charge is -2.26. The van der Waals surface area contributed by atoms with Gasteiger partial charge < -0.3 is 19.7 Å². The van der Waals surface area contributed by atoms with E-state index in [4.69, 9.17) is 9.84 Å². The van der Waals surface area contributed by atoms with Crippen molar-refractivity contribution in [2.75, 3.05) is 0 Å². The van der Waals surface area contributed by atoms with Crippen LogP contribution < -0.4 is 10.1 Å². The Bertz CT molecular complexity index is 1560.